The molecule has 0 aromatic heterocycles. The topological polar surface area (TPSA) is 12.0 Å². The van der Waals surface area contributed by atoms with E-state index in [2.05, 4.69) is 23.5 Å². The summed E-state index contributed by atoms with van der Waals surface area (Å²) < 4.78 is 0. The van der Waals surface area contributed by atoms with Crippen LogP contribution in [0.3, 0.4) is 0 Å². The van der Waals surface area contributed by atoms with Gasteiger partial charge in [-0.25, -0.2) is 0 Å². The first-order valence-corrected chi connectivity index (χ1v) is 7.27. The van der Waals surface area contributed by atoms with Crippen molar-refractivity contribution in [2.75, 3.05) is 11.9 Å². The van der Waals surface area contributed by atoms with Crippen molar-refractivity contribution >= 4 is 28.9 Å². The molecule has 3 rings (SSSR count). The minimum atomic E-state index is 0.696. The lowest BCUT2D eigenvalue weighted by Crippen LogP contribution is -2.11. The molecule has 0 saturated heterocycles. The van der Waals surface area contributed by atoms with Crippen LogP contribution in [0.2, 0.25) is 10.0 Å². The summed E-state index contributed by atoms with van der Waals surface area (Å²) in [5, 5.41) is 4.82. The SMILES string of the molecule is Clc1cc(Cl)cc(Cc2ccc3c(c2)CCCN3)c1. The minimum absolute atomic E-state index is 0.696. The Hall–Kier alpha value is -1.18. The molecule has 2 aromatic carbocycles. The van der Waals surface area contributed by atoms with Gasteiger partial charge in [0.1, 0.15) is 0 Å². The molecule has 98 valence electrons. The highest BCUT2D eigenvalue weighted by molar-refractivity contribution is 6.34. The van der Waals surface area contributed by atoms with Gasteiger partial charge in [-0.2, -0.15) is 0 Å². The van der Waals surface area contributed by atoms with Crippen LogP contribution < -0.4 is 5.32 Å². The van der Waals surface area contributed by atoms with Crippen molar-refractivity contribution in [3.05, 3.63) is 63.1 Å². The summed E-state index contributed by atoms with van der Waals surface area (Å²) in [4.78, 5) is 0. The second-order valence-corrected chi connectivity index (χ2v) is 5.85. The molecule has 1 heterocycles. The number of anilines is 1. The lowest BCUT2D eigenvalue weighted by Gasteiger charge is -2.18. The highest BCUT2D eigenvalue weighted by Gasteiger charge is 2.09. The van der Waals surface area contributed by atoms with Crippen LogP contribution in [-0.2, 0) is 12.8 Å². The summed E-state index contributed by atoms with van der Waals surface area (Å²) in [5.41, 5.74) is 5.15. The van der Waals surface area contributed by atoms with Gasteiger partial charge in [0, 0.05) is 22.3 Å². The van der Waals surface area contributed by atoms with Crippen LogP contribution in [0.15, 0.2) is 36.4 Å². The molecule has 0 amide bonds. The Morgan fingerprint density at radius 3 is 2.53 bits per heavy atom. The molecule has 2 aromatic rings. The fourth-order valence-electron chi connectivity index (χ4n) is 2.59. The first-order chi connectivity index (χ1) is 9.20. The molecule has 1 N–H and O–H groups in total. The molecule has 1 nitrogen and oxygen atoms in total. The Balaban J connectivity index is 1.86. The zero-order valence-corrected chi connectivity index (χ0v) is 12.1. The van der Waals surface area contributed by atoms with E-state index in [0.717, 1.165) is 24.9 Å². The zero-order valence-electron chi connectivity index (χ0n) is 10.5. The summed E-state index contributed by atoms with van der Waals surface area (Å²) >= 11 is 12.1. The summed E-state index contributed by atoms with van der Waals surface area (Å²) in [6.07, 6.45) is 3.24. The standard InChI is InChI=1S/C16H15Cl2N/c17-14-8-12(9-15(18)10-14)6-11-3-4-16-13(7-11)2-1-5-19-16/h3-4,7-10,19H,1-2,5-6H2. The Labute approximate surface area is 123 Å². The fraction of sp³-hybridized carbons (Fsp3) is 0.250. The second kappa shape index (κ2) is 5.44. The highest BCUT2D eigenvalue weighted by atomic mass is 35.5. The van der Waals surface area contributed by atoms with Gasteiger partial charge < -0.3 is 5.32 Å². The largest absolute Gasteiger partial charge is 0.385 e. The lowest BCUT2D eigenvalue weighted by molar-refractivity contribution is 0.828. The molecule has 0 atom stereocenters. The van der Waals surface area contributed by atoms with E-state index >= 15 is 0 Å². The van der Waals surface area contributed by atoms with Crippen molar-refractivity contribution in [3.8, 4) is 0 Å². The van der Waals surface area contributed by atoms with Gasteiger partial charge >= 0.3 is 0 Å². The van der Waals surface area contributed by atoms with Crippen LogP contribution in [0.1, 0.15) is 23.1 Å². The zero-order chi connectivity index (χ0) is 13.2. The van der Waals surface area contributed by atoms with Gasteiger partial charge in [-0.1, -0.05) is 35.3 Å². The van der Waals surface area contributed by atoms with E-state index in [1.807, 2.05) is 12.1 Å². The van der Waals surface area contributed by atoms with Crippen LogP contribution in [0.5, 0.6) is 0 Å². The Morgan fingerprint density at radius 1 is 0.947 bits per heavy atom. The minimum Gasteiger partial charge on any atom is -0.385 e. The van der Waals surface area contributed by atoms with E-state index in [1.54, 1.807) is 6.07 Å². The molecular formula is C16H15Cl2N. The van der Waals surface area contributed by atoms with Gasteiger partial charge in [-0.05, 0) is 60.2 Å². The highest BCUT2D eigenvalue weighted by Crippen LogP contribution is 2.25. The normalized spacial score (nSPS) is 13.8. The van der Waals surface area contributed by atoms with E-state index in [0.29, 0.717) is 10.0 Å². The number of hydrogen-bond donors (Lipinski definition) is 1. The van der Waals surface area contributed by atoms with Crippen LogP contribution >= 0.6 is 23.2 Å². The van der Waals surface area contributed by atoms with Crippen molar-refractivity contribution in [2.24, 2.45) is 0 Å². The lowest BCUT2D eigenvalue weighted by atomic mass is 9.97. The van der Waals surface area contributed by atoms with Crippen LogP contribution in [0.25, 0.3) is 0 Å². The van der Waals surface area contributed by atoms with Gasteiger partial charge in [0.25, 0.3) is 0 Å². The van der Waals surface area contributed by atoms with Gasteiger partial charge in [0.15, 0.2) is 0 Å². The van der Waals surface area contributed by atoms with Crippen molar-refractivity contribution in [3.63, 3.8) is 0 Å². The molecule has 0 spiro atoms. The molecule has 3 heteroatoms. The average Bonchev–Trinajstić information content (AvgIpc) is 2.37. The third kappa shape index (κ3) is 3.05. The smallest absolute Gasteiger partial charge is 0.0423 e. The van der Waals surface area contributed by atoms with Gasteiger partial charge in [0.05, 0.1) is 0 Å². The van der Waals surface area contributed by atoms with Gasteiger partial charge in [-0.3, -0.25) is 0 Å². The van der Waals surface area contributed by atoms with E-state index in [1.165, 1.54) is 23.2 Å². The molecule has 0 bridgehead atoms. The number of hydrogen-bond acceptors (Lipinski definition) is 1. The molecule has 19 heavy (non-hydrogen) atoms. The van der Waals surface area contributed by atoms with Crippen LogP contribution in [0, 0.1) is 0 Å². The summed E-state index contributed by atoms with van der Waals surface area (Å²) in [7, 11) is 0. The Kier molecular flexibility index (Phi) is 3.67. The van der Waals surface area contributed by atoms with Crippen molar-refractivity contribution in [1.82, 2.24) is 0 Å². The van der Waals surface area contributed by atoms with Crippen LogP contribution in [-0.4, -0.2) is 6.54 Å². The molecule has 0 unspecified atom stereocenters. The molecule has 0 saturated carbocycles. The average molecular weight is 292 g/mol. The van der Waals surface area contributed by atoms with Crippen molar-refractivity contribution in [1.29, 1.82) is 0 Å². The molecule has 0 fully saturated rings. The third-order valence-corrected chi connectivity index (χ3v) is 3.88. The van der Waals surface area contributed by atoms with Crippen molar-refractivity contribution in [2.45, 2.75) is 19.3 Å². The number of halogens is 2. The molecule has 0 radical (unpaired) electrons. The summed E-state index contributed by atoms with van der Waals surface area (Å²) in [6, 6.07) is 12.4. The maximum Gasteiger partial charge on any atom is 0.0423 e. The number of nitrogens with one attached hydrogen (secondary N) is 1. The fourth-order valence-corrected chi connectivity index (χ4v) is 3.16. The third-order valence-electron chi connectivity index (χ3n) is 3.44. The first-order valence-electron chi connectivity index (χ1n) is 6.51. The molecule has 1 aliphatic heterocycles. The number of rotatable bonds is 2. The summed E-state index contributed by atoms with van der Waals surface area (Å²) in [6.45, 7) is 1.08. The monoisotopic (exact) mass is 291 g/mol. The predicted octanol–water partition coefficient (Wildman–Crippen LogP) is 4.94. The van der Waals surface area contributed by atoms with Crippen LogP contribution in [0.4, 0.5) is 5.69 Å². The van der Waals surface area contributed by atoms with Gasteiger partial charge in [-0.15, -0.1) is 0 Å². The second-order valence-electron chi connectivity index (χ2n) is 4.98. The molecule has 1 aliphatic rings. The first kappa shape index (κ1) is 12.8. The molecular weight excluding hydrogens is 277 g/mol. The summed E-state index contributed by atoms with van der Waals surface area (Å²) in [5.74, 6) is 0. The maximum atomic E-state index is 6.04. The Bertz CT molecular complexity index is 587. The number of aryl methyl sites for hydroxylation is 1. The van der Waals surface area contributed by atoms with E-state index in [9.17, 15) is 0 Å². The van der Waals surface area contributed by atoms with E-state index < -0.39 is 0 Å². The quantitative estimate of drug-likeness (QED) is 0.826. The predicted molar refractivity (Wildman–Crippen MR) is 82.5 cm³/mol. The molecule has 0 aliphatic carbocycles. The number of fused-ring (bicyclic) bond motifs is 1. The Morgan fingerprint density at radius 2 is 1.74 bits per heavy atom. The van der Waals surface area contributed by atoms with Crippen molar-refractivity contribution < 1.29 is 0 Å². The van der Waals surface area contributed by atoms with Gasteiger partial charge in [0.2, 0.25) is 0 Å². The van der Waals surface area contributed by atoms with E-state index in [4.69, 9.17) is 23.2 Å². The van der Waals surface area contributed by atoms with E-state index in [-0.39, 0.29) is 0 Å². The number of benzene rings is 2. The maximum absolute atomic E-state index is 6.04.